The van der Waals surface area contributed by atoms with Crippen LogP contribution in [0.25, 0.3) is 0 Å². The van der Waals surface area contributed by atoms with Gasteiger partial charge in [-0.3, -0.25) is 0 Å². The molecule has 4 atom stereocenters. The molecule has 0 saturated carbocycles. The van der Waals surface area contributed by atoms with Gasteiger partial charge < -0.3 is 9.47 Å². The van der Waals surface area contributed by atoms with Crippen molar-refractivity contribution in [2.75, 3.05) is 0 Å². The molecule has 0 heterocycles. The van der Waals surface area contributed by atoms with Gasteiger partial charge in [-0.1, -0.05) is 89.8 Å². The minimum Gasteiger partial charge on any atom is -0.458 e. The molecule has 0 fully saturated rings. The number of unbranched alkanes of at least 4 members (excludes halogenated alkanes) is 2. The Balaban J connectivity index is 2.30. The molecular formula is C30H42O4. The lowest BCUT2D eigenvalue weighted by Gasteiger charge is -2.37. The second-order valence-corrected chi connectivity index (χ2v) is 9.05. The molecule has 4 unspecified atom stereocenters. The molecular weight excluding hydrogens is 424 g/mol. The summed E-state index contributed by atoms with van der Waals surface area (Å²) in [6, 6.07) is 18.4. The van der Waals surface area contributed by atoms with E-state index in [1.165, 1.54) is 0 Å². The van der Waals surface area contributed by atoms with Crippen molar-refractivity contribution < 1.29 is 19.1 Å². The zero-order valence-corrected chi connectivity index (χ0v) is 21.4. The molecule has 0 spiro atoms. The van der Waals surface area contributed by atoms with Gasteiger partial charge in [0.25, 0.3) is 0 Å². The molecule has 0 aliphatic rings. The number of hydrogen-bond donors (Lipinski definition) is 0. The Hall–Kier alpha value is -2.62. The highest BCUT2D eigenvalue weighted by atomic mass is 16.6. The molecule has 0 bridgehead atoms. The summed E-state index contributed by atoms with van der Waals surface area (Å²) in [5.74, 6) is -0.287. The first-order chi connectivity index (χ1) is 16.5. The summed E-state index contributed by atoms with van der Waals surface area (Å²) in [6.07, 6.45) is 7.18. The Bertz CT molecular complexity index is 762. The minimum atomic E-state index is -0.280. The Morgan fingerprint density at radius 2 is 0.971 bits per heavy atom. The average Bonchev–Trinajstić information content (AvgIpc) is 2.89. The fourth-order valence-electron chi connectivity index (χ4n) is 4.74. The monoisotopic (exact) mass is 466 g/mol. The highest BCUT2D eigenvalue weighted by Crippen LogP contribution is 2.35. The van der Waals surface area contributed by atoms with Crippen LogP contribution in [0.2, 0.25) is 0 Å². The van der Waals surface area contributed by atoms with E-state index in [-0.39, 0.29) is 36.0 Å². The summed E-state index contributed by atoms with van der Waals surface area (Å²) in [6.45, 7) is 8.52. The summed E-state index contributed by atoms with van der Waals surface area (Å²) >= 11 is 0. The van der Waals surface area contributed by atoms with Crippen molar-refractivity contribution in [2.24, 2.45) is 11.8 Å². The standard InChI is InChI=1S/C30H42O4/c1-5-9-21-25(27(7-3)33-29(31)23-17-13-11-14-18-23)26(22-10-6-2)28(8-4)34-30(32)24-19-15-12-16-20-24/h11-20,25-28H,5-10,21-22H2,1-4H3. The maximum absolute atomic E-state index is 12.9. The summed E-state index contributed by atoms with van der Waals surface area (Å²) in [4.78, 5) is 25.8. The normalized spacial score (nSPS) is 14.6. The van der Waals surface area contributed by atoms with Crippen LogP contribution in [-0.4, -0.2) is 24.1 Å². The quantitative estimate of drug-likeness (QED) is 0.251. The third kappa shape index (κ3) is 8.30. The van der Waals surface area contributed by atoms with Gasteiger partial charge in [-0.15, -0.1) is 0 Å². The predicted octanol–water partition coefficient (Wildman–Crippen LogP) is 7.87. The molecule has 0 radical (unpaired) electrons. The van der Waals surface area contributed by atoms with Crippen molar-refractivity contribution >= 4 is 11.9 Å². The van der Waals surface area contributed by atoms with Gasteiger partial charge in [0.05, 0.1) is 11.1 Å². The largest absolute Gasteiger partial charge is 0.458 e. The number of carbonyl (C=O) groups is 2. The molecule has 34 heavy (non-hydrogen) atoms. The van der Waals surface area contributed by atoms with Gasteiger partial charge in [0.15, 0.2) is 0 Å². The Labute approximate surface area is 206 Å². The Kier molecular flexibility index (Phi) is 12.4. The van der Waals surface area contributed by atoms with Gasteiger partial charge in [-0.2, -0.15) is 0 Å². The van der Waals surface area contributed by atoms with Gasteiger partial charge in [-0.05, 0) is 49.9 Å². The van der Waals surface area contributed by atoms with E-state index in [9.17, 15) is 9.59 Å². The van der Waals surface area contributed by atoms with Crippen molar-refractivity contribution in [3.05, 3.63) is 71.8 Å². The van der Waals surface area contributed by atoms with Gasteiger partial charge in [0.1, 0.15) is 12.2 Å². The van der Waals surface area contributed by atoms with E-state index in [0.717, 1.165) is 51.4 Å². The van der Waals surface area contributed by atoms with Crippen LogP contribution in [0, 0.1) is 11.8 Å². The lowest BCUT2D eigenvalue weighted by molar-refractivity contribution is -0.0402. The number of carbonyl (C=O) groups excluding carboxylic acids is 2. The number of esters is 2. The van der Waals surface area contributed by atoms with Crippen LogP contribution in [0.15, 0.2) is 60.7 Å². The third-order valence-electron chi connectivity index (χ3n) is 6.63. The molecule has 0 N–H and O–H groups in total. The van der Waals surface area contributed by atoms with Crippen molar-refractivity contribution in [2.45, 2.75) is 91.3 Å². The molecule has 4 nitrogen and oxygen atoms in total. The molecule has 0 saturated heterocycles. The average molecular weight is 467 g/mol. The molecule has 4 heteroatoms. The zero-order chi connectivity index (χ0) is 24.8. The lowest BCUT2D eigenvalue weighted by Crippen LogP contribution is -2.39. The Morgan fingerprint density at radius 3 is 1.26 bits per heavy atom. The van der Waals surface area contributed by atoms with Crippen molar-refractivity contribution in [1.29, 1.82) is 0 Å². The second-order valence-electron chi connectivity index (χ2n) is 9.05. The Morgan fingerprint density at radius 1 is 0.618 bits per heavy atom. The molecule has 0 aliphatic heterocycles. The lowest BCUT2D eigenvalue weighted by atomic mass is 9.76. The van der Waals surface area contributed by atoms with Crippen molar-refractivity contribution in [1.82, 2.24) is 0 Å². The van der Waals surface area contributed by atoms with E-state index in [4.69, 9.17) is 9.47 Å². The highest BCUT2D eigenvalue weighted by Gasteiger charge is 2.36. The van der Waals surface area contributed by atoms with E-state index in [1.54, 1.807) is 24.3 Å². The molecule has 0 amide bonds. The highest BCUT2D eigenvalue weighted by molar-refractivity contribution is 5.90. The van der Waals surface area contributed by atoms with Gasteiger partial charge in [-0.25, -0.2) is 9.59 Å². The van der Waals surface area contributed by atoms with E-state index >= 15 is 0 Å². The number of ether oxygens (including phenoxy) is 2. The first-order valence-electron chi connectivity index (χ1n) is 13.1. The first-order valence-corrected chi connectivity index (χ1v) is 13.1. The fraction of sp³-hybridized carbons (Fsp3) is 0.533. The summed E-state index contributed by atoms with van der Waals surface area (Å²) in [5, 5.41) is 0. The van der Waals surface area contributed by atoms with Crippen LogP contribution in [-0.2, 0) is 9.47 Å². The minimum absolute atomic E-state index is 0.137. The van der Waals surface area contributed by atoms with E-state index in [0.29, 0.717) is 11.1 Å². The smallest absolute Gasteiger partial charge is 0.338 e. The van der Waals surface area contributed by atoms with Gasteiger partial charge in [0, 0.05) is 11.8 Å². The van der Waals surface area contributed by atoms with Crippen LogP contribution in [0.3, 0.4) is 0 Å². The van der Waals surface area contributed by atoms with Crippen LogP contribution in [0.5, 0.6) is 0 Å². The van der Waals surface area contributed by atoms with Crippen molar-refractivity contribution in [3.8, 4) is 0 Å². The van der Waals surface area contributed by atoms with Gasteiger partial charge >= 0.3 is 11.9 Å². The second kappa shape index (κ2) is 15.3. The summed E-state index contributed by atoms with van der Waals surface area (Å²) < 4.78 is 12.2. The maximum Gasteiger partial charge on any atom is 0.338 e. The number of rotatable bonds is 15. The third-order valence-corrected chi connectivity index (χ3v) is 6.63. The topological polar surface area (TPSA) is 52.6 Å². The number of hydrogen-bond acceptors (Lipinski definition) is 4. The van der Waals surface area contributed by atoms with Crippen LogP contribution in [0.4, 0.5) is 0 Å². The fourth-order valence-corrected chi connectivity index (χ4v) is 4.74. The van der Waals surface area contributed by atoms with E-state index in [1.807, 2.05) is 36.4 Å². The SMILES string of the molecule is CCCCC(C(CC)OC(=O)c1ccccc1)C(CCCC)C(CC)OC(=O)c1ccccc1. The molecule has 2 aromatic rings. The number of benzene rings is 2. The van der Waals surface area contributed by atoms with Crippen molar-refractivity contribution in [3.63, 3.8) is 0 Å². The van der Waals surface area contributed by atoms with E-state index < -0.39 is 0 Å². The molecule has 0 aromatic heterocycles. The molecule has 186 valence electrons. The zero-order valence-electron chi connectivity index (χ0n) is 21.4. The van der Waals surface area contributed by atoms with Gasteiger partial charge in [0.2, 0.25) is 0 Å². The van der Waals surface area contributed by atoms with Crippen LogP contribution in [0.1, 0.15) is 99.8 Å². The molecule has 0 aliphatic carbocycles. The van der Waals surface area contributed by atoms with Crippen LogP contribution >= 0.6 is 0 Å². The molecule has 2 rings (SSSR count). The first kappa shape index (κ1) is 27.6. The predicted molar refractivity (Wildman–Crippen MR) is 138 cm³/mol. The van der Waals surface area contributed by atoms with E-state index in [2.05, 4.69) is 27.7 Å². The molecule has 2 aromatic carbocycles. The maximum atomic E-state index is 12.9. The summed E-state index contributed by atoms with van der Waals surface area (Å²) in [5.41, 5.74) is 1.14. The van der Waals surface area contributed by atoms with Crippen LogP contribution < -0.4 is 0 Å². The summed E-state index contributed by atoms with van der Waals surface area (Å²) in [7, 11) is 0.